The topological polar surface area (TPSA) is 23.9 Å². The van der Waals surface area contributed by atoms with Crippen LogP contribution in [0.4, 0.5) is 0 Å². The molecule has 0 bridgehead atoms. The van der Waals surface area contributed by atoms with Crippen molar-refractivity contribution in [3.63, 3.8) is 0 Å². The highest BCUT2D eigenvalue weighted by Crippen LogP contribution is 2.21. The summed E-state index contributed by atoms with van der Waals surface area (Å²) >= 11 is 0. The van der Waals surface area contributed by atoms with Crippen molar-refractivity contribution in [2.45, 2.75) is 39.0 Å². The van der Waals surface area contributed by atoms with E-state index in [1.165, 1.54) is 18.4 Å². The maximum absolute atomic E-state index is 8.06. The Balaban J connectivity index is 1.96. The average molecular weight is 291 g/mol. The third-order valence-corrected chi connectivity index (χ3v) is 3.92. The molecule has 0 saturated heterocycles. The molecule has 2 aromatic carbocycles. The van der Waals surface area contributed by atoms with Gasteiger partial charge in [0, 0.05) is 12.1 Å². The fraction of sp³-hybridized carbons (Fsp3) is 0.286. The molecule has 0 aliphatic rings. The lowest BCUT2D eigenvalue weighted by Crippen LogP contribution is -2.01. The Morgan fingerprint density at radius 1 is 0.909 bits per heavy atom. The molecule has 0 spiro atoms. The van der Waals surface area contributed by atoms with Crippen molar-refractivity contribution in [1.29, 1.82) is 5.41 Å². The quantitative estimate of drug-likeness (QED) is 0.463. The lowest BCUT2D eigenvalue weighted by atomic mass is 9.97. The van der Waals surface area contributed by atoms with E-state index in [9.17, 15) is 0 Å². The van der Waals surface area contributed by atoms with E-state index in [1.807, 2.05) is 18.2 Å². The highest BCUT2D eigenvalue weighted by Gasteiger charge is 2.04. The molecule has 0 heterocycles. The number of benzene rings is 2. The first-order chi connectivity index (χ1) is 10.7. The van der Waals surface area contributed by atoms with Gasteiger partial charge in [-0.3, -0.25) is 0 Å². The molecule has 0 unspecified atom stereocenters. The zero-order chi connectivity index (χ0) is 15.8. The second-order valence-corrected chi connectivity index (χ2v) is 5.78. The van der Waals surface area contributed by atoms with Crippen molar-refractivity contribution in [2.24, 2.45) is 0 Å². The Kier molecular flexibility index (Phi) is 6.14. The minimum atomic E-state index is 0.766. The summed E-state index contributed by atoms with van der Waals surface area (Å²) in [7, 11) is 0. The fourth-order valence-corrected chi connectivity index (χ4v) is 2.55. The molecule has 2 aromatic rings. The molecule has 1 N–H and O–H groups in total. The predicted octanol–water partition coefficient (Wildman–Crippen LogP) is 5.89. The molecule has 0 aliphatic heterocycles. The van der Waals surface area contributed by atoms with Gasteiger partial charge in [-0.15, -0.1) is 0 Å². The van der Waals surface area contributed by atoms with Crippen molar-refractivity contribution in [2.75, 3.05) is 0 Å². The van der Waals surface area contributed by atoms with Crippen LogP contribution in [0.2, 0.25) is 0 Å². The lowest BCUT2D eigenvalue weighted by molar-refractivity contribution is 0.737. The third-order valence-electron chi connectivity index (χ3n) is 3.92. The van der Waals surface area contributed by atoms with Crippen LogP contribution in [0.5, 0.6) is 0 Å². The third kappa shape index (κ3) is 4.70. The number of unbranched alkanes of at least 4 members (excludes halogenated alkanes) is 2. The minimum Gasteiger partial charge on any atom is -0.309 e. The zero-order valence-electron chi connectivity index (χ0n) is 13.4. The summed E-state index contributed by atoms with van der Waals surface area (Å²) in [6.07, 6.45) is 5.26. The van der Waals surface area contributed by atoms with Gasteiger partial charge in [0.1, 0.15) is 0 Å². The maximum Gasteiger partial charge on any atom is 0.0133 e. The highest BCUT2D eigenvalue weighted by atomic mass is 14.4. The largest absolute Gasteiger partial charge is 0.309 e. The van der Waals surface area contributed by atoms with Crippen LogP contribution in [0.15, 0.2) is 61.2 Å². The van der Waals surface area contributed by atoms with Crippen LogP contribution in [0.1, 0.15) is 49.3 Å². The lowest BCUT2D eigenvalue weighted by Gasteiger charge is -2.08. The molecule has 1 heteroatoms. The molecule has 0 atom stereocenters. The molecule has 0 aliphatic carbocycles. The average Bonchev–Trinajstić information content (AvgIpc) is 2.56. The number of hydrogen-bond donors (Lipinski definition) is 1. The van der Waals surface area contributed by atoms with Crippen LogP contribution in [-0.4, -0.2) is 5.71 Å². The summed E-state index contributed by atoms with van der Waals surface area (Å²) in [6, 6.07) is 18.7. The van der Waals surface area contributed by atoms with Gasteiger partial charge in [0.15, 0.2) is 0 Å². The van der Waals surface area contributed by atoms with Crippen molar-refractivity contribution in [1.82, 2.24) is 0 Å². The molecule has 0 aromatic heterocycles. The maximum atomic E-state index is 8.06. The van der Waals surface area contributed by atoms with Crippen LogP contribution in [0.3, 0.4) is 0 Å². The van der Waals surface area contributed by atoms with Gasteiger partial charge in [0.25, 0.3) is 0 Å². The second-order valence-electron chi connectivity index (χ2n) is 5.78. The van der Waals surface area contributed by atoms with E-state index < -0.39 is 0 Å². The van der Waals surface area contributed by atoms with Crippen LogP contribution >= 0.6 is 0 Å². The summed E-state index contributed by atoms with van der Waals surface area (Å²) in [5.74, 6) is 0. The van der Waals surface area contributed by atoms with E-state index in [4.69, 9.17) is 5.41 Å². The van der Waals surface area contributed by atoms with E-state index in [0.717, 1.165) is 41.7 Å². The van der Waals surface area contributed by atoms with Crippen LogP contribution in [0.25, 0.3) is 5.57 Å². The molecular formula is C21H25N. The standard InChI is InChI=1S/C21H25N/c1-3-4-6-11-21(22)16-18-12-14-20(15-13-18)17(2)19-9-7-5-8-10-19/h5,7-10,12-15,22H,2-4,6,11,16H2,1H3. The van der Waals surface area contributed by atoms with Crippen LogP contribution in [-0.2, 0) is 6.42 Å². The second kappa shape index (κ2) is 8.33. The van der Waals surface area contributed by atoms with Gasteiger partial charge in [0.05, 0.1) is 0 Å². The Labute approximate surface area is 134 Å². The van der Waals surface area contributed by atoms with Crippen molar-refractivity contribution in [3.05, 3.63) is 77.9 Å². The normalized spacial score (nSPS) is 10.4. The smallest absolute Gasteiger partial charge is 0.0133 e. The van der Waals surface area contributed by atoms with Crippen LogP contribution < -0.4 is 0 Å². The first-order valence-electron chi connectivity index (χ1n) is 8.10. The van der Waals surface area contributed by atoms with E-state index in [-0.39, 0.29) is 0 Å². The van der Waals surface area contributed by atoms with Crippen molar-refractivity contribution in [3.8, 4) is 0 Å². The van der Waals surface area contributed by atoms with Crippen molar-refractivity contribution >= 4 is 11.3 Å². The van der Waals surface area contributed by atoms with Gasteiger partial charge in [-0.05, 0) is 35.1 Å². The highest BCUT2D eigenvalue weighted by molar-refractivity contribution is 5.84. The first-order valence-corrected chi connectivity index (χ1v) is 8.10. The SMILES string of the molecule is C=C(c1ccccc1)c1ccc(CC(=N)CCCCC)cc1. The molecule has 0 fully saturated rings. The Morgan fingerprint density at radius 3 is 2.18 bits per heavy atom. The number of nitrogens with one attached hydrogen (secondary N) is 1. The van der Waals surface area contributed by atoms with Gasteiger partial charge in [0.2, 0.25) is 0 Å². The number of hydrogen-bond acceptors (Lipinski definition) is 1. The van der Waals surface area contributed by atoms with Gasteiger partial charge in [-0.25, -0.2) is 0 Å². The van der Waals surface area contributed by atoms with Gasteiger partial charge in [-0.1, -0.05) is 80.9 Å². The van der Waals surface area contributed by atoms with E-state index in [0.29, 0.717) is 0 Å². The van der Waals surface area contributed by atoms with E-state index in [2.05, 4.69) is 49.9 Å². The molecule has 1 nitrogen and oxygen atoms in total. The summed E-state index contributed by atoms with van der Waals surface area (Å²) in [6.45, 7) is 6.39. The first kappa shape index (κ1) is 16.2. The summed E-state index contributed by atoms with van der Waals surface area (Å²) in [4.78, 5) is 0. The number of rotatable bonds is 8. The molecule has 2 rings (SSSR count). The molecule has 0 radical (unpaired) electrons. The fourth-order valence-electron chi connectivity index (χ4n) is 2.55. The molecule has 114 valence electrons. The van der Waals surface area contributed by atoms with Crippen molar-refractivity contribution < 1.29 is 0 Å². The Bertz CT molecular complexity index is 608. The predicted molar refractivity (Wildman–Crippen MR) is 96.6 cm³/mol. The van der Waals surface area contributed by atoms with E-state index >= 15 is 0 Å². The molecular weight excluding hydrogens is 266 g/mol. The monoisotopic (exact) mass is 291 g/mol. The van der Waals surface area contributed by atoms with Gasteiger partial charge >= 0.3 is 0 Å². The zero-order valence-corrected chi connectivity index (χ0v) is 13.4. The minimum absolute atomic E-state index is 0.766. The summed E-state index contributed by atoms with van der Waals surface area (Å²) < 4.78 is 0. The van der Waals surface area contributed by atoms with Gasteiger partial charge < -0.3 is 5.41 Å². The summed E-state index contributed by atoms with van der Waals surface area (Å²) in [5, 5.41) is 8.06. The van der Waals surface area contributed by atoms with Crippen LogP contribution in [0, 0.1) is 5.41 Å². The van der Waals surface area contributed by atoms with E-state index in [1.54, 1.807) is 0 Å². The Hall–Kier alpha value is -2.15. The molecule has 0 saturated carbocycles. The van der Waals surface area contributed by atoms with Gasteiger partial charge in [-0.2, -0.15) is 0 Å². The Morgan fingerprint density at radius 2 is 1.55 bits per heavy atom. The molecule has 0 amide bonds. The molecule has 22 heavy (non-hydrogen) atoms. The summed E-state index contributed by atoms with van der Waals surface area (Å²) in [5.41, 5.74) is 5.40.